The van der Waals surface area contributed by atoms with E-state index in [-0.39, 0.29) is 42.6 Å². The third kappa shape index (κ3) is 14.7. The quantitative estimate of drug-likeness (QED) is 0.0634. The minimum Gasteiger partial charge on any atom is -0.455 e. The first-order chi connectivity index (χ1) is 21.8. The van der Waals surface area contributed by atoms with E-state index in [2.05, 4.69) is 6.92 Å². The Bertz CT molecular complexity index is 833. The maximum Gasteiger partial charge on any atom is 0.334 e. The molecule has 3 aliphatic rings. The first kappa shape index (κ1) is 38.4. The van der Waals surface area contributed by atoms with Crippen LogP contribution >= 0.6 is 0 Å². The maximum atomic E-state index is 11.7. The Morgan fingerprint density at radius 1 is 0.667 bits per heavy atom. The van der Waals surface area contributed by atoms with Crippen LogP contribution in [0.2, 0.25) is 0 Å². The summed E-state index contributed by atoms with van der Waals surface area (Å²) in [6.07, 6.45) is 21.4. The second kappa shape index (κ2) is 21.8. The lowest BCUT2D eigenvalue weighted by molar-refractivity contribution is -0.139. The Balaban J connectivity index is 1.16. The summed E-state index contributed by atoms with van der Waals surface area (Å²) in [7, 11) is 0. The van der Waals surface area contributed by atoms with Crippen molar-refractivity contribution in [2.45, 2.75) is 216 Å². The summed E-state index contributed by atoms with van der Waals surface area (Å²) in [6.45, 7) is 4.09. The first-order valence-corrected chi connectivity index (χ1v) is 18.7. The van der Waals surface area contributed by atoms with Crippen molar-refractivity contribution in [1.29, 1.82) is 0 Å². The van der Waals surface area contributed by atoms with Gasteiger partial charge in [0.15, 0.2) is 0 Å². The fraction of sp³-hybridized carbons (Fsp3) is 0.919. The average Bonchev–Trinajstić information content (AvgIpc) is 3.78. The molecule has 4 N–H and O–H groups in total. The zero-order valence-electron chi connectivity index (χ0n) is 28.5. The molecule has 3 aliphatic heterocycles. The van der Waals surface area contributed by atoms with Crippen molar-refractivity contribution in [2.24, 2.45) is 0 Å². The minimum atomic E-state index is -0.629. The Kier molecular flexibility index (Phi) is 18.6. The third-order valence-corrected chi connectivity index (χ3v) is 10.2. The monoisotopic (exact) mass is 638 g/mol. The zero-order chi connectivity index (χ0) is 32.4. The molecule has 2 saturated heterocycles. The molecular formula is C37H66O8. The number of cyclic esters (lactones) is 1. The van der Waals surface area contributed by atoms with Gasteiger partial charge in [-0.05, 0) is 83.6 Å². The highest BCUT2D eigenvalue weighted by atomic mass is 16.5. The van der Waals surface area contributed by atoms with Gasteiger partial charge in [-0.15, -0.1) is 0 Å². The summed E-state index contributed by atoms with van der Waals surface area (Å²) in [5.41, 5.74) is 0.689. The van der Waals surface area contributed by atoms with Crippen molar-refractivity contribution in [2.75, 3.05) is 0 Å². The molecule has 8 heteroatoms. The Labute approximate surface area is 273 Å². The van der Waals surface area contributed by atoms with E-state index >= 15 is 0 Å². The Morgan fingerprint density at radius 2 is 1.20 bits per heavy atom. The van der Waals surface area contributed by atoms with Gasteiger partial charge < -0.3 is 34.6 Å². The Morgan fingerprint density at radius 3 is 1.82 bits per heavy atom. The molecule has 0 aromatic heterocycles. The Hall–Kier alpha value is -1.03. The lowest BCUT2D eigenvalue weighted by Gasteiger charge is -2.24. The van der Waals surface area contributed by atoms with E-state index < -0.39 is 18.3 Å². The van der Waals surface area contributed by atoms with Gasteiger partial charge in [-0.1, -0.05) is 84.0 Å². The van der Waals surface area contributed by atoms with E-state index in [0.29, 0.717) is 31.3 Å². The number of hydrogen-bond donors (Lipinski definition) is 4. The molecule has 0 amide bonds. The van der Waals surface area contributed by atoms with E-state index in [9.17, 15) is 25.2 Å². The maximum absolute atomic E-state index is 11.7. The van der Waals surface area contributed by atoms with Crippen molar-refractivity contribution in [3.05, 3.63) is 11.6 Å². The van der Waals surface area contributed by atoms with Crippen molar-refractivity contribution < 1.29 is 39.4 Å². The number of esters is 1. The molecule has 9 unspecified atom stereocenters. The van der Waals surface area contributed by atoms with Gasteiger partial charge in [-0.25, -0.2) is 4.79 Å². The minimum absolute atomic E-state index is 0.152. The lowest BCUT2D eigenvalue weighted by atomic mass is 9.98. The van der Waals surface area contributed by atoms with Crippen LogP contribution in [0.4, 0.5) is 0 Å². The predicted octanol–water partition coefficient (Wildman–Crippen LogP) is 6.83. The van der Waals surface area contributed by atoms with Crippen LogP contribution in [0.15, 0.2) is 11.6 Å². The van der Waals surface area contributed by atoms with E-state index in [1.54, 1.807) is 0 Å². The fourth-order valence-corrected chi connectivity index (χ4v) is 7.26. The predicted molar refractivity (Wildman–Crippen MR) is 177 cm³/mol. The van der Waals surface area contributed by atoms with Crippen LogP contribution in [0.1, 0.15) is 162 Å². The summed E-state index contributed by atoms with van der Waals surface area (Å²) >= 11 is 0. The molecule has 0 aromatic carbocycles. The van der Waals surface area contributed by atoms with E-state index in [1.807, 2.05) is 13.0 Å². The molecule has 0 bridgehead atoms. The van der Waals surface area contributed by atoms with E-state index in [1.165, 1.54) is 38.5 Å². The third-order valence-electron chi connectivity index (χ3n) is 10.2. The zero-order valence-corrected chi connectivity index (χ0v) is 28.5. The van der Waals surface area contributed by atoms with Crippen molar-refractivity contribution >= 4 is 5.97 Å². The van der Waals surface area contributed by atoms with Gasteiger partial charge in [-0.3, -0.25) is 0 Å². The summed E-state index contributed by atoms with van der Waals surface area (Å²) in [5.74, 6) is -0.246. The molecule has 8 nitrogen and oxygen atoms in total. The van der Waals surface area contributed by atoms with Crippen LogP contribution in [0.25, 0.3) is 0 Å². The number of unbranched alkanes of at least 4 members (excludes halogenated alkanes) is 10. The molecule has 9 atom stereocenters. The highest BCUT2D eigenvalue weighted by Crippen LogP contribution is 2.31. The SMILES string of the molecule is CCCCCCCCCCC(O)C1CCC(C(O)CCC(O)C2CCC(CCCCCCC(O)CCC3=CC(C)OC3=O)O2)O1. The number of carbonyl (C=O) groups excluding carboxylic acids is 1. The fourth-order valence-electron chi connectivity index (χ4n) is 7.26. The van der Waals surface area contributed by atoms with Crippen LogP contribution in [0.3, 0.4) is 0 Å². The standard InChI is InChI=1S/C37H66O8/c1-3-4-5-6-7-8-9-14-17-31(39)35-24-25-36(45-35)33(41)22-21-32(40)34-23-20-30(44-34)16-13-11-10-12-15-29(38)19-18-28-26-27(2)43-37(28)42/h26-27,29-36,38-41H,3-25H2,1-2H3. The number of ether oxygens (including phenoxy) is 3. The summed E-state index contributed by atoms with van der Waals surface area (Å²) in [4.78, 5) is 11.7. The molecule has 3 rings (SSSR count). The second-order valence-electron chi connectivity index (χ2n) is 14.2. The average molecular weight is 639 g/mol. The molecule has 0 spiro atoms. The van der Waals surface area contributed by atoms with Gasteiger partial charge in [0.05, 0.1) is 48.8 Å². The van der Waals surface area contributed by atoms with Gasteiger partial charge in [0.25, 0.3) is 0 Å². The van der Waals surface area contributed by atoms with Crippen LogP contribution in [0.5, 0.6) is 0 Å². The largest absolute Gasteiger partial charge is 0.455 e. The second-order valence-corrected chi connectivity index (χ2v) is 14.2. The highest BCUT2D eigenvalue weighted by Gasteiger charge is 2.36. The number of aliphatic hydroxyl groups is 4. The molecule has 3 heterocycles. The van der Waals surface area contributed by atoms with Crippen molar-refractivity contribution in [3.8, 4) is 0 Å². The van der Waals surface area contributed by atoms with E-state index in [0.717, 1.165) is 83.5 Å². The van der Waals surface area contributed by atoms with Crippen molar-refractivity contribution in [1.82, 2.24) is 0 Å². The molecular weight excluding hydrogens is 572 g/mol. The molecule has 45 heavy (non-hydrogen) atoms. The molecule has 0 saturated carbocycles. The lowest BCUT2D eigenvalue weighted by Crippen LogP contribution is -2.33. The number of carbonyl (C=O) groups is 1. The van der Waals surface area contributed by atoms with Crippen molar-refractivity contribution in [3.63, 3.8) is 0 Å². The van der Waals surface area contributed by atoms with Gasteiger partial charge in [0.1, 0.15) is 6.10 Å². The van der Waals surface area contributed by atoms with Gasteiger partial charge >= 0.3 is 5.97 Å². The number of rotatable bonds is 25. The van der Waals surface area contributed by atoms with Crippen LogP contribution in [0, 0.1) is 0 Å². The summed E-state index contributed by atoms with van der Waals surface area (Å²) < 4.78 is 17.3. The van der Waals surface area contributed by atoms with Crippen LogP contribution < -0.4 is 0 Å². The topological polar surface area (TPSA) is 126 Å². The molecule has 0 aromatic rings. The smallest absolute Gasteiger partial charge is 0.334 e. The van der Waals surface area contributed by atoms with Crippen LogP contribution in [-0.4, -0.2) is 81.3 Å². The first-order valence-electron chi connectivity index (χ1n) is 18.7. The molecule has 0 radical (unpaired) electrons. The molecule has 262 valence electrons. The van der Waals surface area contributed by atoms with E-state index in [4.69, 9.17) is 14.2 Å². The summed E-state index contributed by atoms with van der Waals surface area (Å²) in [5, 5.41) is 42.4. The van der Waals surface area contributed by atoms with Gasteiger partial charge in [-0.2, -0.15) is 0 Å². The normalized spacial score (nSPS) is 27.8. The number of aliphatic hydroxyl groups excluding tert-OH is 4. The highest BCUT2D eigenvalue weighted by molar-refractivity contribution is 5.90. The summed E-state index contributed by atoms with van der Waals surface area (Å²) in [6, 6.07) is 0. The van der Waals surface area contributed by atoms with Gasteiger partial charge in [0.2, 0.25) is 0 Å². The number of hydrogen-bond acceptors (Lipinski definition) is 8. The van der Waals surface area contributed by atoms with Gasteiger partial charge in [0, 0.05) is 5.57 Å². The van der Waals surface area contributed by atoms with Crippen LogP contribution in [-0.2, 0) is 19.0 Å². The molecule has 0 aliphatic carbocycles. The molecule has 2 fully saturated rings.